The van der Waals surface area contributed by atoms with E-state index in [-0.39, 0.29) is 12.5 Å². The highest BCUT2D eigenvalue weighted by molar-refractivity contribution is 5.91. The van der Waals surface area contributed by atoms with Gasteiger partial charge in [0.1, 0.15) is 6.54 Å². The van der Waals surface area contributed by atoms with Crippen molar-refractivity contribution >= 4 is 11.9 Å². The second-order valence-corrected chi connectivity index (χ2v) is 5.42. The molecule has 0 spiro atoms. The van der Waals surface area contributed by atoms with Gasteiger partial charge in [0.25, 0.3) is 0 Å². The second kappa shape index (κ2) is 6.07. The highest BCUT2D eigenvalue weighted by atomic mass is 16.5. The summed E-state index contributed by atoms with van der Waals surface area (Å²) >= 11 is 0. The Bertz CT molecular complexity index is 504. The van der Waals surface area contributed by atoms with Crippen LogP contribution in [0.3, 0.4) is 0 Å². The summed E-state index contributed by atoms with van der Waals surface area (Å²) in [5.41, 5.74) is 1.71. The maximum atomic E-state index is 12.6. The lowest BCUT2D eigenvalue weighted by molar-refractivity contribution is -0.141. The monoisotopic (exact) mass is 275 g/mol. The van der Waals surface area contributed by atoms with Gasteiger partial charge in [-0.15, -0.1) is 0 Å². The number of rotatable bonds is 4. The van der Waals surface area contributed by atoms with Crippen LogP contribution in [0.25, 0.3) is 0 Å². The van der Waals surface area contributed by atoms with E-state index in [0.29, 0.717) is 0 Å². The molecule has 1 aromatic carbocycles. The Hall–Kier alpha value is -1.84. The molecule has 1 aliphatic carbocycles. The fraction of sp³-hybridized carbons (Fsp3) is 0.500. The van der Waals surface area contributed by atoms with Crippen LogP contribution >= 0.6 is 0 Å². The van der Waals surface area contributed by atoms with Gasteiger partial charge in [-0.3, -0.25) is 9.59 Å². The molecule has 1 aliphatic rings. The number of benzene rings is 1. The van der Waals surface area contributed by atoms with Crippen molar-refractivity contribution in [1.82, 2.24) is 5.32 Å². The topological polar surface area (TPSA) is 55.4 Å². The molecule has 0 aromatic heterocycles. The number of hydrogen-bond acceptors (Lipinski definition) is 3. The molecule has 4 nitrogen and oxygen atoms in total. The van der Waals surface area contributed by atoms with E-state index in [4.69, 9.17) is 0 Å². The summed E-state index contributed by atoms with van der Waals surface area (Å²) in [6, 6.07) is 8.09. The molecule has 0 bridgehead atoms. The zero-order chi connectivity index (χ0) is 14.6. The molecule has 2 rings (SSSR count). The van der Waals surface area contributed by atoms with Crippen molar-refractivity contribution < 1.29 is 14.3 Å². The van der Waals surface area contributed by atoms with E-state index in [2.05, 4.69) is 16.1 Å². The number of amides is 1. The van der Waals surface area contributed by atoms with Crippen molar-refractivity contribution in [1.29, 1.82) is 0 Å². The fourth-order valence-electron chi connectivity index (χ4n) is 2.96. The molecule has 1 N–H and O–H groups in total. The Morgan fingerprint density at radius 2 is 2.00 bits per heavy atom. The van der Waals surface area contributed by atoms with Crippen molar-refractivity contribution in [2.24, 2.45) is 0 Å². The highest BCUT2D eigenvalue weighted by Gasteiger charge is 2.42. The molecule has 0 aliphatic heterocycles. The van der Waals surface area contributed by atoms with Gasteiger partial charge in [0.15, 0.2) is 0 Å². The summed E-state index contributed by atoms with van der Waals surface area (Å²) in [6.45, 7) is 1.96. The Labute approximate surface area is 119 Å². The van der Waals surface area contributed by atoms with E-state index in [1.807, 2.05) is 25.1 Å². The van der Waals surface area contributed by atoms with Crippen LogP contribution in [0.2, 0.25) is 0 Å². The Morgan fingerprint density at radius 1 is 1.30 bits per heavy atom. The van der Waals surface area contributed by atoms with Crippen LogP contribution in [0.15, 0.2) is 24.3 Å². The molecule has 0 saturated heterocycles. The van der Waals surface area contributed by atoms with E-state index in [1.54, 1.807) is 0 Å². The number of carbonyl (C=O) groups excluding carboxylic acids is 2. The van der Waals surface area contributed by atoms with Gasteiger partial charge in [0.2, 0.25) is 5.91 Å². The molecule has 108 valence electrons. The van der Waals surface area contributed by atoms with Crippen molar-refractivity contribution in [3.8, 4) is 0 Å². The zero-order valence-corrected chi connectivity index (χ0v) is 12.1. The lowest BCUT2D eigenvalue weighted by Crippen LogP contribution is -2.44. The van der Waals surface area contributed by atoms with E-state index < -0.39 is 11.4 Å². The molecular weight excluding hydrogens is 254 g/mol. The Kier molecular flexibility index (Phi) is 4.42. The first-order valence-corrected chi connectivity index (χ1v) is 7.01. The molecule has 0 heterocycles. The van der Waals surface area contributed by atoms with Crippen molar-refractivity contribution in [3.05, 3.63) is 35.4 Å². The van der Waals surface area contributed by atoms with Gasteiger partial charge in [-0.05, 0) is 25.3 Å². The molecule has 1 aromatic rings. The summed E-state index contributed by atoms with van der Waals surface area (Å²) in [4.78, 5) is 23.8. The predicted octanol–water partition coefficient (Wildman–Crippen LogP) is 2.10. The number of methoxy groups -OCH3 is 1. The number of nitrogens with one attached hydrogen (secondary N) is 1. The summed E-state index contributed by atoms with van der Waals surface area (Å²) < 4.78 is 4.57. The van der Waals surface area contributed by atoms with E-state index >= 15 is 0 Å². The zero-order valence-electron chi connectivity index (χ0n) is 12.1. The summed E-state index contributed by atoms with van der Waals surface area (Å²) in [5.74, 6) is -0.485. The number of aryl methyl sites for hydroxylation is 1. The minimum atomic E-state index is -0.486. The first-order valence-electron chi connectivity index (χ1n) is 7.01. The van der Waals surface area contributed by atoms with Crippen molar-refractivity contribution in [2.45, 2.75) is 38.0 Å². The van der Waals surface area contributed by atoms with Crippen LogP contribution in [0.1, 0.15) is 36.8 Å². The third kappa shape index (κ3) is 2.84. The van der Waals surface area contributed by atoms with Crippen LogP contribution in [0, 0.1) is 6.92 Å². The largest absolute Gasteiger partial charge is 0.468 e. The molecule has 1 amide bonds. The lowest BCUT2D eigenvalue weighted by atomic mass is 9.77. The minimum absolute atomic E-state index is 0.0639. The van der Waals surface area contributed by atoms with E-state index in [9.17, 15) is 9.59 Å². The Balaban J connectivity index is 2.21. The number of hydrogen-bond donors (Lipinski definition) is 1. The average Bonchev–Trinajstić information content (AvgIpc) is 2.95. The summed E-state index contributed by atoms with van der Waals surface area (Å²) in [6.07, 6.45) is 3.76. The molecule has 20 heavy (non-hydrogen) atoms. The van der Waals surface area contributed by atoms with Crippen molar-refractivity contribution in [2.75, 3.05) is 13.7 Å². The van der Waals surface area contributed by atoms with E-state index in [0.717, 1.165) is 36.8 Å². The summed E-state index contributed by atoms with van der Waals surface area (Å²) in [5, 5.41) is 2.72. The van der Waals surface area contributed by atoms with Crippen LogP contribution in [0.5, 0.6) is 0 Å². The van der Waals surface area contributed by atoms with Gasteiger partial charge in [0, 0.05) is 0 Å². The maximum Gasteiger partial charge on any atom is 0.325 e. The fourth-order valence-corrected chi connectivity index (χ4v) is 2.96. The third-order valence-electron chi connectivity index (χ3n) is 4.08. The first kappa shape index (κ1) is 14.6. The number of carbonyl (C=O) groups is 2. The van der Waals surface area contributed by atoms with Gasteiger partial charge in [-0.2, -0.15) is 0 Å². The summed E-state index contributed by atoms with van der Waals surface area (Å²) in [7, 11) is 1.32. The lowest BCUT2D eigenvalue weighted by Gasteiger charge is -2.28. The average molecular weight is 275 g/mol. The standard InChI is InChI=1S/C16H21NO3/c1-12-6-5-7-13(10-12)16(8-3-4-9-16)15(19)17-11-14(18)20-2/h5-7,10H,3-4,8-9,11H2,1-2H3,(H,17,19). The normalized spacial score (nSPS) is 16.7. The van der Waals surface area contributed by atoms with Crippen LogP contribution < -0.4 is 5.32 Å². The smallest absolute Gasteiger partial charge is 0.325 e. The Morgan fingerprint density at radius 3 is 2.60 bits per heavy atom. The van der Waals surface area contributed by atoms with E-state index in [1.165, 1.54) is 7.11 Å². The molecule has 0 radical (unpaired) electrons. The van der Waals surface area contributed by atoms with Crippen LogP contribution in [-0.4, -0.2) is 25.5 Å². The minimum Gasteiger partial charge on any atom is -0.468 e. The van der Waals surface area contributed by atoms with Gasteiger partial charge in [-0.1, -0.05) is 42.7 Å². The molecule has 0 atom stereocenters. The molecule has 1 fully saturated rings. The molecular formula is C16H21NO3. The third-order valence-corrected chi connectivity index (χ3v) is 4.08. The molecule has 1 saturated carbocycles. The highest BCUT2D eigenvalue weighted by Crippen LogP contribution is 2.41. The number of esters is 1. The number of ether oxygens (including phenoxy) is 1. The molecule has 0 unspecified atom stereocenters. The van der Waals surface area contributed by atoms with Gasteiger partial charge < -0.3 is 10.1 Å². The SMILES string of the molecule is COC(=O)CNC(=O)C1(c2cccc(C)c2)CCCC1. The van der Waals surface area contributed by atoms with Gasteiger partial charge in [0.05, 0.1) is 12.5 Å². The predicted molar refractivity (Wildman–Crippen MR) is 76.4 cm³/mol. The second-order valence-electron chi connectivity index (χ2n) is 5.42. The first-order chi connectivity index (χ1) is 9.58. The quantitative estimate of drug-likeness (QED) is 0.856. The van der Waals surface area contributed by atoms with Crippen molar-refractivity contribution in [3.63, 3.8) is 0 Å². The van der Waals surface area contributed by atoms with Gasteiger partial charge in [-0.25, -0.2) is 0 Å². The van der Waals surface area contributed by atoms with Crippen LogP contribution in [-0.2, 0) is 19.7 Å². The molecule has 4 heteroatoms. The van der Waals surface area contributed by atoms with Gasteiger partial charge >= 0.3 is 5.97 Å². The maximum absolute atomic E-state index is 12.6. The van der Waals surface area contributed by atoms with Crippen LogP contribution in [0.4, 0.5) is 0 Å².